The highest BCUT2D eigenvalue weighted by molar-refractivity contribution is 7.09. The first-order valence-electron chi connectivity index (χ1n) is 8.05. The first-order chi connectivity index (χ1) is 12.6. The van der Waals surface area contributed by atoms with Crippen LogP contribution in [0.15, 0.2) is 53.9 Å². The number of carbonyl (C=O) groups is 1. The summed E-state index contributed by atoms with van der Waals surface area (Å²) in [6, 6.07) is 17.1. The van der Waals surface area contributed by atoms with Gasteiger partial charge in [0, 0.05) is 11.1 Å². The molecular weight excluding hydrogens is 346 g/mol. The number of nitrogens with one attached hydrogen (secondary N) is 1. The summed E-state index contributed by atoms with van der Waals surface area (Å²) in [5.74, 6) is 0.505. The number of hydrogen-bond donors (Lipinski definition) is 1. The van der Waals surface area contributed by atoms with Crippen LogP contribution in [0, 0.1) is 18.3 Å². The smallest absolute Gasteiger partial charge is 0.275 e. The average Bonchev–Trinajstić information content (AvgIpc) is 3.12. The normalized spacial score (nSPS) is 10.2. The van der Waals surface area contributed by atoms with Gasteiger partial charge in [-0.15, -0.1) is 11.3 Å². The van der Waals surface area contributed by atoms with Crippen molar-refractivity contribution >= 4 is 22.9 Å². The first-order valence-corrected chi connectivity index (χ1v) is 8.93. The Hall–Kier alpha value is -3.17. The van der Waals surface area contributed by atoms with Crippen LogP contribution in [0.5, 0.6) is 5.75 Å². The van der Waals surface area contributed by atoms with Crippen molar-refractivity contribution in [3.63, 3.8) is 0 Å². The van der Waals surface area contributed by atoms with E-state index in [2.05, 4.69) is 16.4 Å². The topological polar surface area (TPSA) is 75.0 Å². The van der Waals surface area contributed by atoms with Crippen molar-refractivity contribution in [2.24, 2.45) is 0 Å². The van der Waals surface area contributed by atoms with Crippen LogP contribution in [0.4, 0.5) is 5.69 Å². The van der Waals surface area contributed by atoms with Crippen molar-refractivity contribution in [3.05, 3.63) is 75.7 Å². The number of nitrogens with zero attached hydrogens (tertiary/aromatic N) is 2. The van der Waals surface area contributed by atoms with Crippen molar-refractivity contribution in [1.82, 2.24) is 4.98 Å². The molecule has 0 saturated carbocycles. The van der Waals surface area contributed by atoms with E-state index in [1.54, 1.807) is 17.5 Å². The summed E-state index contributed by atoms with van der Waals surface area (Å²) < 4.78 is 5.68. The number of anilines is 1. The molecule has 0 aliphatic carbocycles. The number of carbonyl (C=O) groups excluding carboxylic acids is 1. The van der Waals surface area contributed by atoms with Gasteiger partial charge in [0.2, 0.25) is 0 Å². The van der Waals surface area contributed by atoms with Gasteiger partial charge in [0.1, 0.15) is 23.1 Å². The van der Waals surface area contributed by atoms with Crippen LogP contribution in [0.25, 0.3) is 0 Å². The van der Waals surface area contributed by atoms with E-state index in [0.29, 0.717) is 24.4 Å². The summed E-state index contributed by atoms with van der Waals surface area (Å²) in [4.78, 5) is 16.6. The number of thiazole rings is 1. The van der Waals surface area contributed by atoms with Crippen LogP contribution in [0.2, 0.25) is 0 Å². The molecular formula is C20H17N3O2S. The second-order valence-corrected chi connectivity index (χ2v) is 6.66. The molecule has 26 heavy (non-hydrogen) atoms. The number of ether oxygens (including phenoxy) is 1. The molecule has 0 bridgehead atoms. The van der Waals surface area contributed by atoms with Gasteiger partial charge in [0.05, 0.1) is 12.5 Å². The zero-order valence-electron chi connectivity index (χ0n) is 14.2. The summed E-state index contributed by atoms with van der Waals surface area (Å²) in [6.45, 7) is 2.34. The standard InChI is InChI=1S/C20H17N3O2S/c1-14-2-8-17(9-3-14)25-12-19-23-18(13-26-19)20(24)22-16-6-4-15(5-7-16)10-11-21/h2-9,13H,10,12H2,1H3,(H,22,24). The molecule has 0 radical (unpaired) electrons. The maximum absolute atomic E-state index is 12.3. The third-order valence-corrected chi connectivity index (χ3v) is 4.48. The Morgan fingerprint density at radius 3 is 2.62 bits per heavy atom. The Bertz CT molecular complexity index is 925. The SMILES string of the molecule is Cc1ccc(OCc2nc(C(=O)Nc3ccc(CC#N)cc3)cs2)cc1. The fraction of sp³-hybridized carbons (Fsp3) is 0.150. The van der Waals surface area contributed by atoms with Crippen LogP contribution in [0.1, 0.15) is 26.6 Å². The summed E-state index contributed by atoms with van der Waals surface area (Å²) in [7, 11) is 0. The van der Waals surface area contributed by atoms with Gasteiger partial charge in [-0.1, -0.05) is 29.8 Å². The van der Waals surface area contributed by atoms with Crippen molar-refractivity contribution in [2.75, 3.05) is 5.32 Å². The van der Waals surface area contributed by atoms with Crippen LogP contribution < -0.4 is 10.1 Å². The van der Waals surface area contributed by atoms with E-state index >= 15 is 0 Å². The van der Waals surface area contributed by atoms with Gasteiger partial charge in [0.25, 0.3) is 5.91 Å². The highest BCUT2D eigenvalue weighted by atomic mass is 32.1. The third-order valence-electron chi connectivity index (χ3n) is 3.66. The predicted molar refractivity (Wildman–Crippen MR) is 101 cm³/mol. The molecule has 6 heteroatoms. The number of hydrogen-bond acceptors (Lipinski definition) is 5. The van der Waals surface area contributed by atoms with Gasteiger partial charge in [-0.25, -0.2) is 4.98 Å². The largest absolute Gasteiger partial charge is 0.486 e. The van der Waals surface area contributed by atoms with Gasteiger partial charge in [-0.3, -0.25) is 4.79 Å². The molecule has 3 aromatic rings. The fourth-order valence-corrected chi connectivity index (χ4v) is 2.94. The molecule has 1 aromatic heterocycles. The Labute approximate surface area is 155 Å². The minimum Gasteiger partial charge on any atom is -0.486 e. The Balaban J connectivity index is 1.57. The molecule has 130 valence electrons. The van der Waals surface area contributed by atoms with Gasteiger partial charge in [-0.05, 0) is 36.8 Å². The molecule has 0 atom stereocenters. The quantitative estimate of drug-likeness (QED) is 0.706. The van der Waals surface area contributed by atoms with E-state index in [4.69, 9.17) is 10.00 Å². The van der Waals surface area contributed by atoms with Crippen LogP contribution >= 0.6 is 11.3 Å². The molecule has 0 aliphatic heterocycles. The number of amides is 1. The molecule has 0 spiro atoms. The second kappa shape index (κ2) is 8.28. The van der Waals surface area contributed by atoms with Crippen LogP contribution in [-0.2, 0) is 13.0 Å². The summed E-state index contributed by atoms with van der Waals surface area (Å²) in [6.07, 6.45) is 0.352. The number of benzene rings is 2. The zero-order chi connectivity index (χ0) is 18.4. The summed E-state index contributed by atoms with van der Waals surface area (Å²) in [5, 5.41) is 13.9. The molecule has 0 fully saturated rings. The van der Waals surface area contributed by atoms with E-state index in [1.807, 2.05) is 43.3 Å². The van der Waals surface area contributed by atoms with Crippen LogP contribution in [0.3, 0.4) is 0 Å². The minimum atomic E-state index is -0.268. The monoisotopic (exact) mass is 363 g/mol. The third kappa shape index (κ3) is 4.68. The molecule has 0 unspecified atom stereocenters. The molecule has 3 rings (SSSR count). The maximum Gasteiger partial charge on any atom is 0.275 e. The molecule has 1 heterocycles. The highest BCUT2D eigenvalue weighted by Gasteiger charge is 2.11. The molecule has 2 aromatic carbocycles. The summed E-state index contributed by atoms with van der Waals surface area (Å²) in [5.41, 5.74) is 3.11. The van der Waals surface area contributed by atoms with Gasteiger partial charge in [-0.2, -0.15) is 5.26 Å². The van der Waals surface area contributed by atoms with E-state index < -0.39 is 0 Å². The summed E-state index contributed by atoms with van der Waals surface area (Å²) >= 11 is 1.39. The number of nitriles is 1. The molecule has 0 aliphatic rings. The van der Waals surface area contributed by atoms with E-state index in [0.717, 1.165) is 16.3 Å². The molecule has 1 N–H and O–H groups in total. The van der Waals surface area contributed by atoms with Gasteiger partial charge in [0.15, 0.2) is 0 Å². The lowest BCUT2D eigenvalue weighted by atomic mass is 10.1. The number of rotatable bonds is 6. The lowest BCUT2D eigenvalue weighted by molar-refractivity contribution is 0.102. The highest BCUT2D eigenvalue weighted by Crippen LogP contribution is 2.17. The van der Waals surface area contributed by atoms with E-state index in [9.17, 15) is 4.79 Å². The lowest BCUT2D eigenvalue weighted by Gasteiger charge is -2.04. The molecule has 0 saturated heterocycles. The Morgan fingerprint density at radius 2 is 1.92 bits per heavy atom. The van der Waals surface area contributed by atoms with Gasteiger partial charge >= 0.3 is 0 Å². The van der Waals surface area contributed by atoms with Gasteiger partial charge < -0.3 is 10.1 Å². The zero-order valence-corrected chi connectivity index (χ0v) is 15.0. The average molecular weight is 363 g/mol. The van der Waals surface area contributed by atoms with Crippen molar-refractivity contribution in [1.29, 1.82) is 5.26 Å². The van der Waals surface area contributed by atoms with Crippen molar-refractivity contribution < 1.29 is 9.53 Å². The van der Waals surface area contributed by atoms with Crippen LogP contribution in [-0.4, -0.2) is 10.9 Å². The first kappa shape index (κ1) is 17.6. The maximum atomic E-state index is 12.3. The fourth-order valence-electron chi connectivity index (χ4n) is 2.25. The lowest BCUT2D eigenvalue weighted by Crippen LogP contribution is -2.12. The van der Waals surface area contributed by atoms with Crippen molar-refractivity contribution in [3.8, 4) is 11.8 Å². The Morgan fingerprint density at radius 1 is 1.19 bits per heavy atom. The number of aryl methyl sites for hydroxylation is 1. The predicted octanol–water partition coefficient (Wildman–Crippen LogP) is 4.35. The van der Waals surface area contributed by atoms with E-state index in [1.165, 1.54) is 16.9 Å². The second-order valence-electron chi connectivity index (χ2n) is 5.71. The Kier molecular flexibility index (Phi) is 5.62. The number of aromatic nitrogens is 1. The van der Waals surface area contributed by atoms with E-state index in [-0.39, 0.29) is 5.91 Å². The molecule has 1 amide bonds. The minimum absolute atomic E-state index is 0.268. The van der Waals surface area contributed by atoms with Crippen molar-refractivity contribution in [2.45, 2.75) is 20.0 Å². The molecule has 5 nitrogen and oxygen atoms in total.